The van der Waals surface area contributed by atoms with Crippen LogP contribution >= 0.6 is 15.9 Å². The van der Waals surface area contributed by atoms with Gasteiger partial charge in [0.1, 0.15) is 35.3 Å². The Bertz CT molecular complexity index is 869. The minimum Gasteiger partial charge on any atom is -0.496 e. The Labute approximate surface area is 166 Å². The fourth-order valence-corrected chi connectivity index (χ4v) is 3.43. The highest BCUT2D eigenvalue weighted by molar-refractivity contribution is 9.10. The zero-order valence-electron chi connectivity index (χ0n) is 15.8. The van der Waals surface area contributed by atoms with Crippen LogP contribution in [0.1, 0.15) is 27.2 Å². The van der Waals surface area contributed by atoms with E-state index in [1.165, 1.54) is 6.33 Å². The van der Waals surface area contributed by atoms with Crippen molar-refractivity contribution in [2.45, 2.75) is 38.9 Å². The number of amides is 1. The molecule has 2 aromatic rings. The van der Waals surface area contributed by atoms with Crippen LogP contribution in [0.15, 0.2) is 16.9 Å². The summed E-state index contributed by atoms with van der Waals surface area (Å²) in [5.41, 5.74) is 6.05. The molecule has 2 N–H and O–H groups in total. The number of fused-ring (bicyclic) bond motifs is 1. The molecule has 9 heteroatoms. The number of anilines is 1. The third-order valence-corrected chi connectivity index (χ3v) is 4.89. The van der Waals surface area contributed by atoms with E-state index in [-0.39, 0.29) is 12.2 Å². The normalized spacial score (nSPS) is 17.2. The summed E-state index contributed by atoms with van der Waals surface area (Å²) < 4.78 is 17.7. The van der Waals surface area contributed by atoms with Gasteiger partial charge in [-0.2, -0.15) is 0 Å². The second-order valence-electron chi connectivity index (χ2n) is 7.33. The maximum Gasteiger partial charge on any atom is 0.410 e. The average molecular weight is 439 g/mol. The fourth-order valence-electron chi connectivity index (χ4n) is 2.92. The standard InChI is InChI=1S/C18H23BrN4O4/c1-18(2,3)27-17(24)23-6-5-10(8-23)26-12-7-11(25-4)13-15(14(12)19)21-9-22-16(13)20/h7,9-10H,5-6,8H2,1-4H3,(H2,20,21,22)/t10-/m1/s1. The zero-order chi connectivity index (χ0) is 19.8. The molecular formula is C18H23BrN4O4. The number of carbonyl (C=O) groups excluding carboxylic acids is 1. The van der Waals surface area contributed by atoms with E-state index < -0.39 is 5.60 Å². The topological polar surface area (TPSA) is 99.8 Å². The molecule has 0 saturated carbocycles. The van der Waals surface area contributed by atoms with Gasteiger partial charge in [0.25, 0.3) is 0 Å². The highest BCUT2D eigenvalue weighted by Gasteiger charge is 2.31. The molecule has 0 bridgehead atoms. The van der Waals surface area contributed by atoms with Crippen molar-refractivity contribution in [1.29, 1.82) is 0 Å². The molecule has 1 aromatic carbocycles. The van der Waals surface area contributed by atoms with Crippen molar-refractivity contribution >= 4 is 38.7 Å². The molecule has 1 aliphatic heterocycles. The predicted molar refractivity (Wildman–Crippen MR) is 105 cm³/mol. The fraction of sp³-hybridized carbons (Fsp3) is 0.500. The van der Waals surface area contributed by atoms with Gasteiger partial charge in [-0.25, -0.2) is 14.8 Å². The number of aromatic nitrogens is 2. The van der Waals surface area contributed by atoms with E-state index in [1.807, 2.05) is 20.8 Å². The zero-order valence-corrected chi connectivity index (χ0v) is 17.4. The monoisotopic (exact) mass is 438 g/mol. The third kappa shape index (κ3) is 4.18. The number of benzene rings is 1. The summed E-state index contributed by atoms with van der Waals surface area (Å²) in [4.78, 5) is 22.2. The molecule has 3 rings (SSSR count). The third-order valence-electron chi connectivity index (χ3n) is 4.12. The molecule has 1 fully saturated rings. The van der Waals surface area contributed by atoms with Crippen molar-refractivity contribution in [3.63, 3.8) is 0 Å². The minimum atomic E-state index is -0.523. The van der Waals surface area contributed by atoms with E-state index in [9.17, 15) is 4.79 Å². The van der Waals surface area contributed by atoms with Crippen molar-refractivity contribution in [3.8, 4) is 11.5 Å². The van der Waals surface area contributed by atoms with Gasteiger partial charge in [-0.3, -0.25) is 0 Å². The Kier molecular flexibility index (Phi) is 5.32. The number of ether oxygens (including phenoxy) is 3. The van der Waals surface area contributed by atoms with Crippen LogP contribution in [0.5, 0.6) is 11.5 Å². The minimum absolute atomic E-state index is 0.157. The average Bonchev–Trinajstić information content (AvgIpc) is 3.05. The summed E-state index contributed by atoms with van der Waals surface area (Å²) in [5, 5.41) is 0.626. The largest absolute Gasteiger partial charge is 0.496 e. The van der Waals surface area contributed by atoms with Crippen LogP contribution < -0.4 is 15.2 Å². The molecule has 1 aromatic heterocycles. The molecule has 146 valence electrons. The Hall–Kier alpha value is -2.29. The number of hydrogen-bond donors (Lipinski definition) is 1. The van der Waals surface area contributed by atoms with Crippen LogP contribution in [0.25, 0.3) is 10.9 Å². The van der Waals surface area contributed by atoms with E-state index in [1.54, 1.807) is 18.1 Å². The Morgan fingerprint density at radius 1 is 1.33 bits per heavy atom. The van der Waals surface area contributed by atoms with Gasteiger partial charge in [0.2, 0.25) is 0 Å². The van der Waals surface area contributed by atoms with Crippen LogP contribution in [-0.2, 0) is 4.74 Å². The van der Waals surface area contributed by atoms with Crippen molar-refractivity contribution in [3.05, 3.63) is 16.9 Å². The van der Waals surface area contributed by atoms with Crippen LogP contribution in [0.2, 0.25) is 0 Å². The van der Waals surface area contributed by atoms with E-state index in [0.717, 1.165) is 0 Å². The number of likely N-dealkylation sites (tertiary alicyclic amines) is 1. The molecule has 1 amide bonds. The number of hydrogen-bond acceptors (Lipinski definition) is 7. The van der Waals surface area contributed by atoms with Gasteiger partial charge in [-0.05, 0) is 36.7 Å². The lowest BCUT2D eigenvalue weighted by atomic mass is 10.2. The smallest absolute Gasteiger partial charge is 0.410 e. The molecule has 1 atom stereocenters. The predicted octanol–water partition coefficient (Wildman–Crippen LogP) is 3.37. The van der Waals surface area contributed by atoms with E-state index in [4.69, 9.17) is 19.9 Å². The highest BCUT2D eigenvalue weighted by Crippen LogP contribution is 2.41. The van der Waals surface area contributed by atoms with Crippen LogP contribution in [0.4, 0.5) is 10.6 Å². The summed E-state index contributed by atoms with van der Waals surface area (Å²) in [5.74, 6) is 1.44. The maximum absolute atomic E-state index is 12.2. The van der Waals surface area contributed by atoms with Crippen molar-refractivity contribution in [2.24, 2.45) is 0 Å². The number of carbonyl (C=O) groups is 1. The molecule has 1 saturated heterocycles. The van der Waals surface area contributed by atoms with Crippen LogP contribution in [0, 0.1) is 0 Å². The van der Waals surface area contributed by atoms with Gasteiger partial charge in [0.05, 0.1) is 29.0 Å². The first kappa shape index (κ1) is 19.5. The number of nitrogens with two attached hydrogens (primary N) is 1. The number of nitrogen functional groups attached to an aromatic ring is 1. The van der Waals surface area contributed by atoms with E-state index in [0.29, 0.717) is 52.2 Å². The number of nitrogens with zero attached hydrogens (tertiary/aromatic N) is 3. The summed E-state index contributed by atoms with van der Waals surface area (Å²) in [7, 11) is 1.55. The van der Waals surface area contributed by atoms with Gasteiger partial charge in [0.15, 0.2) is 0 Å². The molecule has 8 nitrogen and oxygen atoms in total. The summed E-state index contributed by atoms with van der Waals surface area (Å²) in [6.07, 6.45) is 1.61. The Morgan fingerprint density at radius 3 is 2.74 bits per heavy atom. The lowest BCUT2D eigenvalue weighted by molar-refractivity contribution is 0.0275. The van der Waals surface area contributed by atoms with Gasteiger partial charge in [0, 0.05) is 19.0 Å². The molecule has 27 heavy (non-hydrogen) atoms. The van der Waals surface area contributed by atoms with E-state index in [2.05, 4.69) is 25.9 Å². The Morgan fingerprint density at radius 2 is 2.07 bits per heavy atom. The first-order valence-corrected chi connectivity index (χ1v) is 9.40. The van der Waals surface area contributed by atoms with Crippen molar-refractivity contribution in [2.75, 3.05) is 25.9 Å². The van der Waals surface area contributed by atoms with Gasteiger partial charge >= 0.3 is 6.09 Å². The molecule has 0 radical (unpaired) electrons. The molecule has 0 aliphatic carbocycles. The highest BCUT2D eigenvalue weighted by atomic mass is 79.9. The lowest BCUT2D eigenvalue weighted by Crippen LogP contribution is -2.36. The van der Waals surface area contributed by atoms with E-state index >= 15 is 0 Å². The number of methoxy groups -OCH3 is 1. The molecule has 0 spiro atoms. The quantitative estimate of drug-likeness (QED) is 0.783. The Balaban J connectivity index is 1.80. The van der Waals surface area contributed by atoms with Crippen LogP contribution in [-0.4, -0.2) is 52.9 Å². The summed E-state index contributed by atoms with van der Waals surface area (Å²) >= 11 is 3.54. The molecular weight excluding hydrogens is 416 g/mol. The summed E-state index contributed by atoms with van der Waals surface area (Å²) in [6, 6.07) is 1.75. The van der Waals surface area contributed by atoms with Crippen molar-refractivity contribution in [1.82, 2.24) is 14.9 Å². The molecule has 2 heterocycles. The molecule has 0 unspecified atom stereocenters. The number of rotatable bonds is 3. The van der Waals surface area contributed by atoms with Gasteiger partial charge in [-0.15, -0.1) is 0 Å². The molecule has 1 aliphatic rings. The first-order valence-electron chi connectivity index (χ1n) is 8.61. The summed E-state index contributed by atoms with van der Waals surface area (Å²) in [6.45, 7) is 6.58. The van der Waals surface area contributed by atoms with Gasteiger partial charge < -0.3 is 24.8 Å². The number of halogens is 1. The lowest BCUT2D eigenvalue weighted by Gasteiger charge is -2.24. The second-order valence-corrected chi connectivity index (χ2v) is 8.12. The second kappa shape index (κ2) is 7.38. The first-order chi connectivity index (χ1) is 12.7. The maximum atomic E-state index is 12.2. The van der Waals surface area contributed by atoms with Crippen LogP contribution in [0.3, 0.4) is 0 Å². The SMILES string of the molecule is COc1cc(O[C@@H]2CCN(C(=O)OC(C)(C)C)C2)c(Br)c2ncnc(N)c12. The van der Waals surface area contributed by atoms with Crippen molar-refractivity contribution < 1.29 is 19.0 Å². The van der Waals surface area contributed by atoms with Gasteiger partial charge in [-0.1, -0.05) is 0 Å².